The first-order chi connectivity index (χ1) is 13.0. The number of allylic oxidation sites excluding steroid dienone is 1. The molecule has 2 unspecified atom stereocenters. The van der Waals surface area contributed by atoms with Crippen LogP contribution in [0.25, 0.3) is 10.8 Å². The number of aliphatic imine (C=N–C) groups is 1. The molecule has 1 aliphatic carbocycles. The van der Waals surface area contributed by atoms with Gasteiger partial charge in [0.1, 0.15) is 0 Å². The van der Waals surface area contributed by atoms with Crippen molar-refractivity contribution in [3.8, 4) is 0 Å². The van der Waals surface area contributed by atoms with E-state index in [0.717, 1.165) is 25.0 Å². The molecule has 0 bridgehead atoms. The minimum absolute atomic E-state index is 0.253. The van der Waals surface area contributed by atoms with Gasteiger partial charge in [-0.1, -0.05) is 62.9 Å². The number of hydrogen-bond donors (Lipinski definition) is 2. The van der Waals surface area contributed by atoms with Crippen LogP contribution in [-0.2, 0) is 4.84 Å². The molecule has 0 heterocycles. The van der Waals surface area contributed by atoms with Gasteiger partial charge in [0.25, 0.3) is 0 Å². The highest BCUT2D eigenvalue weighted by Gasteiger charge is 2.31. The van der Waals surface area contributed by atoms with E-state index < -0.39 is 0 Å². The zero-order valence-corrected chi connectivity index (χ0v) is 16.6. The smallest absolute Gasteiger partial charge is 0.216 e. The van der Waals surface area contributed by atoms with Crippen LogP contribution in [-0.4, -0.2) is 11.9 Å². The summed E-state index contributed by atoms with van der Waals surface area (Å²) < 4.78 is 0. The van der Waals surface area contributed by atoms with Crippen LogP contribution < -0.4 is 11.2 Å². The number of hydrogen-bond acceptors (Lipinski definition) is 4. The number of rotatable bonds is 6. The molecule has 0 aliphatic heterocycles. The Morgan fingerprint density at radius 1 is 1.15 bits per heavy atom. The summed E-state index contributed by atoms with van der Waals surface area (Å²) in [7, 11) is 0. The van der Waals surface area contributed by atoms with Crippen LogP contribution >= 0.6 is 0 Å². The Bertz CT molecular complexity index is 822. The summed E-state index contributed by atoms with van der Waals surface area (Å²) in [5.41, 5.74) is 2.16. The van der Waals surface area contributed by atoms with Crippen LogP contribution in [0.15, 0.2) is 59.7 Å². The fraction of sp³-hybridized carbons (Fsp3) is 0.435. The predicted molar refractivity (Wildman–Crippen MR) is 113 cm³/mol. The lowest BCUT2D eigenvalue weighted by Gasteiger charge is -2.21. The summed E-state index contributed by atoms with van der Waals surface area (Å²) in [6, 6.07) is 15.8. The van der Waals surface area contributed by atoms with Gasteiger partial charge in [0.05, 0.1) is 0 Å². The van der Waals surface area contributed by atoms with Crippen molar-refractivity contribution in [1.29, 1.82) is 0 Å². The monoisotopic (exact) mass is 365 g/mol. The molecule has 2 aromatic rings. The second kappa shape index (κ2) is 8.68. The van der Waals surface area contributed by atoms with Crippen LogP contribution in [0.1, 0.15) is 51.6 Å². The first-order valence-electron chi connectivity index (χ1n) is 9.87. The molecular formula is C23H31N3O. The Morgan fingerprint density at radius 3 is 2.63 bits per heavy atom. The fourth-order valence-corrected chi connectivity index (χ4v) is 3.91. The van der Waals surface area contributed by atoms with Gasteiger partial charge in [0.2, 0.25) is 5.90 Å². The van der Waals surface area contributed by atoms with Crippen molar-refractivity contribution in [2.45, 2.75) is 52.1 Å². The Morgan fingerprint density at radius 2 is 1.89 bits per heavy atom. The lowest BCUT2D eigenvalue weighted by atomic mass is 9.99. The van der Waals surface area contributed by atoms with Crippen molar-refractivity contribution in [3.05, 3.63) is 60.3 Å². The molecule has 27 heavy (non-hydrogen) atoms. The molecule has 0 spiro atoms. The minimum Gasteiger partial charge on any atom is -0.396 e. The van der Waals surface area contributed by atoms with Crippen molar-refractivity contribution >= 4 is 16.7 Å². The number of benzene rings is 2. The molecule has 1 aliphatic rings. The summed E-state index contributed by atoms with van der Waals surface area (Å²) in [5, 5.41) is 6.40. The normalized spacial score (nSPS) is 21.6. The van der Waals surface area contributed by atoms with Crippen molar-refractivity contribution in [1.82, 2.24) is 5.32 Å². The predicted octanol–water partition coefficient (Wildman–Crippen LogP) is 5.12. The molecule has 1 saturated carbocycles. The van der Waals surface area contributed by atoms with Crippen LogP contribution in [0.4, 0.5) is 0 Å². The molecule has 4 nitrogen and oxygen atoms in total. The maximum absolute atomic E-state index is 5.51. The van der Waals surface area contributed by atoms with E-state index in [2.05, 4.69) is 80.1 Å². The number of nitrogens with zero attached hydrogens (tertiary/aromatic N) is 1. The highest BCUT2D eigenvalue weighted by atomic mass is 16.6. The quantitative estimate of drug-likeness (QED) is 0.424. The van der Waals surface area contributed by atoms with Gasteiger partial charge in [0.15, 0.2) is 0 Å². The largest absolute Gasteiger partial charge is 0.396 e. The SMILES string of the molecule is C=C(N=C(ON)C1CCC(N[C@H](C)c2cccc3ccccc23)C1)C(C)C. The van der Waals surface area contributed by atoms with Gasteiger partial charge in [-0.15, -0.1) is 0 Å². The number of fused-ring (bicyclic) bond motifs is 1. The maximum atomic E-state index is 5.51. The molecule has 2 aromatic carbocycles. The molecule has 0 aromatic heterocycles. The molecule has 0 saturated heterocycles. The fourth-order valence-electron chi connectivity index (χ4n) is 3.91. The lowest BCUT2D eigenvalue weighted by molar-refractivity contribution is 0.291. The Labute approximate surface area is 162 Å². The molecule has 3 N–H and O–H groups in total. The average molecular weight is 366 g/mol. The minimum atomic E-state index is 0.253. The molecule has 1 fully saturated rings. The van der Waals surface area contributed by atoms with E-state index in [1.807, 2.05) is 0 Å². The highest BCUT2D eigenvalue weighted by molar-refractivity contribution is 5.86. The van der Waals surface area contributed by atoms with Gasteiger partial charge in [-0.05, 0) is 48.4 Å². The maximum Gasteiger partial charge on any atom is 0.216 e. The van der Waals surface area contributed by atoms with E-state index >= 15 is 0 Å². The molecule has 3 atom stereocenters. The third-order valence-corrected chi connectivity index (χ3v) is 5.60. The summed E-state index contributed by atoms with van der Waals surface area (Å²) in [4.78, 5) is 9.65. The van der Waals surface area contributed by atoms with Gasteiger partial charge in [0, 0.05) is 23.7 Å². The third-order valence-electron chi connectivity index (χ3n) is 5.60. The summed E-state index contributed by atoms with van der Waals surface area (Å²) in [6.07, 6.45) is 3.11. The molecule has 4 heteroatoms. The first kappa shape index (κ1) is 19.6. The van der Waals surface area contributed by atoms with E-state index in [0.29, 0.717) is 11.9 Å². The van der Waals surface area contributed by atoms with Gasteiger partial charge < -0.3 is 10.2 Å². The number of nitrogens with one attached hydrogen (secondary N) is 1. The van der Waals surface area contributed by atoms with Crippen molar-refractivity contribution in [2.75, 3.05) is 0 Å². The van der Waals surface area contributed by atoms with Crippen LogP contribution in [0.5, 0.6) is 0 Å². The lowest BCUT2D eigenvalue weighted by Crippen LogP contribution is -2.30. The Kier molecular flexibility index (Phi) is 6.30. The highest BCUT2D eigenvalue weighted by Crippen LogP contribution is 2.31. The van der Waals surface area contributed by atoms with Gasteiger partial charge in [-0.3, -0.25) is 0 Å². The molecule has 144 valence electrons. The zero-order valence-electron chi connectivity index (χ0n) is 16.6. The average Bonchev–Trinajstić information content (AvgIpc) is 3.13. The van der Waals surface area contributed by atoms with Crippen LogP contribution in [0.3, 0.4) is 0 Å². The summed E-state index contributed by atoms with van der Waals surface area (Å²) in [5.74, 6) is 6.67. The molecular weight excluding hydrogens is 334 g/mol. The van der Waals surface area contributed by atoms with E-state index in [1.54, 1.807) is 0 Å². The van der Waals surface area contributed by atoms with Crippen molar-refractivity contribution in [3.63, 3.8) is 0 Å². The van der Waals surface area contributed by atoms with E-state index in [9.17, 15) is 0 Å². The van der Waals surface area contributed by atoms with Crippen molar-refractivity contribution < 1.29 is 4.84 Å². The second-order valence-electron chi connectivity index (χ2n) is 7.88. The molecule has 0 amide bonds. The van der Waals surface area contributed by atoms with E-state index in [1.165, 1.54) is 16.3 Å². The van der Waals surface area contributed by atoms with E-state index in [4.69, 9.17) is 10.7 Å². The van der Waals surface area contributed by atoms with E-state index in [-0.39, 0.29) is 17.9 Å². The Balaban J connectivity index is 1.68. The van der Waals surface area contributed by atoms with Crippen molar-refractivity contribution in [2.24, 2.45) is 22.7 Å². The molecule has 0 radical (unpaired) electrons. The first-order valence-corrected chi connectivity index (χ1v) is 9.87. The summed E-state index contributed by atoms with van der Waals surface area (Å²) >= 11 is 0. The van der Waals surface area contributed by atoms with Crippen LogP contribution in [0.2, 0.25) is 0 Å². The molecule has 3 rings (SSSR count). The topological polar surface area (TPSA) is 59.6 Å². The van der Waals surface area contributed by atoms with Gasteiger partial charge >= 0.3 is 0 Å². The zero-order chi connectivity index (χ0) is 19.4. The second-order valence-corrected chi connectivity index (χ2v) is 7.88. The summed E-state index contributed by atoms with van der Waals surface area (Å²) in [6.45, 7) is 10.4. The van der Waals surface area contributed by atoms with Gasteiger partial charge in [-0.2, -0.15) is 5.90 Å². The third kappa shape index (κ3) is 4.57. The van der Waals surface area contributed by atoms with Crippen LogP contribution in [0, 0.1) is 11.8 Å². The standard InChI is InChI=1S/C23H31N3O/c1-15(2)16(3)26-23(27-24)19-12-13-20(14-19)25-17(4)21-11-7-9-18-8-5-6-10-22(18)21/h5-11,15,17,19-20,25H,3,12-14,24H2,1-2,4H3/t17-,19?,20?/m1/s1. The Hall–Kier alpha value is -2.17. The number of nitrogens with two attached hydrogens (primary N) is 1. The van der Waals surface area contributed by atoms with Gasteiger partial charge in [-0.25, -0.2) is 4.99 Å².